The van der Waals surface area contributed by atoms with Gasteiger partial charge in [-0.2, -0.15) is 8.78 Å². The highest BCUT2D eigenvalue weighted by atomic mass is 19.3. The molecular weight excluding hydrogens is 354 g/mol. The van der Waals surface area contributed by atoms with Crippen LogP contribution in [0.15, 0.2) is 23.9 Å². The second-order valence-electron chi connectivity index (χ2n) is 7.85. The molecule has 146 valence electrons. The summed E-state index contributed by atoms with van der Waals surface area (Å²) in [5.74, 6) is 0.711. The number of piperazine rings is 1. The predicted octanol–water partition coefficient (Wildman–Crippen LogP) is 3.50. The lowest BCUT2D eigenvalue weighted by Gasteiger charge is -2.45. The molecule has 1 unspecified atom stereocenters. The quantitative estimate of drug-likeness (QED) is 0.804. The molecule has 0 aromatic heterocycles. The first-order valence-corrected chi connectivity index (χ1v) is 9.33. The van der Waals surface area contributed by atoms with Crippen LogP contribution in [0, 0.1) is 0 Å². The maximum atomic E-state index is 13.0. The SMILES string of the molecule is CC1C(=O)N(C2=Cc3cc(OC(F)F)ccc3OC2(C)C)CCN1C1CC1. The third-order valence-corrected chi connectivity index (χ3v) is 5.49. The van der Waals surface area contributed by atoms with Gasteiger partial charge in [-0.1, -0.05) is 0 Å². The van der Waals surface area contributed by atoms with Crippen LogP contribution < -0.4 is 9.47 Å². The third kappa shape index (κ3) is 3.40. The van der Waals surface area contributed by atoms with Crippen molar-refractivity contribution < 1.29 is 23.0 Å². The maximum Gasteiger partial charge on any atom is 0.387 e. The zero-order valence-electron chi connectivity index (χ0n) is 15.7. The number of benzene rings is 1. The Bertz CT molecular complexity index is 789. The van der Waals surface area contributed by atoms with E-state index < -0.39 is 12.2 Å². The topological polar surface area (TPSA) is 42.0 Å². The summed E-state index contributed by atoms with van der Waals surface area (Å²) in [6, 6.07) is 4.97. The number of carbonyl (C=O) groups is 1. The molecule has 1 amide bonds. The Balaban J connectivity index is 1.64. The Hall–Kier alpha value is -2.15. The number of nitrogens with zero attached hydrogens (tertiary/aromatic N) is 2. The van der Waals surface area contributed by atoms with Crippen LogP contribution >= 0.6 is 0 Å². The normalized spacial score (nSPS) is 25.1. The van der Waals surface area contributed by atoms with Gasteiger partial charge in [-0.05, 0) is 57.9 Å². The molecule has 27 heavy (non-hydrogen) atoms. The van der Waals surface area contributed by atoms with Gasteiger partial charge in [0, 0.05) is 24.7 Å². The standard InChI is InChI=1S/C20H24F2N2O3/c1-12-18(25)24(9-8-23(12)14-4-5-14)17-11-13-10-15(26-19(21)22)6-7-16(13)27-20(17,2)3/h6-7,10-12,14,19H,4-5,8-9H2,1-3H3. The van der Waals surface area contributed by atoms with E-state index >= 15 is 0 Å². The monoisotopic (exact) mass is 378 g/mol. The average Bonchev–Trinajstić information content (AvgIpc) is 3.41. The minimum Gasteiger partial charge on any atom is -0.481 e. The second kappa shape index (κ2) is 6.48. The highest BCUT2D eigenvalue weighted by molar-refractivity contribution is 5.86. The Kier molecular flexibility index (Phi) is 4.37. The molecule has 2 aliphatic heterocycles. The molecular formula is C20H24F2N2O3. The highest BCUT2D eigenvalue weighted by Gasteiger charge is 2.44. The highest BCUT2D eigenvalue weighted by Crippen LogP contribution is 2.40. The van der Waals surface area contributed by atoms with Crippen LogP contribution in [0.5, 0.6) is 11.5 Å². The van der Waals surface area contributed by atoms with Crippen LogP contribution in [-0.2, 0) is 4.79 Å². The molecule has 0 radical (unpaired) electrons. The van der Waals surface area contributed by atoms with Crippen LogP contribution in [0.1, 0.15) is 39.2 Å². The Morgan fingerprint density at radius 1 is 1.26 bits per heavy atom. The largest absolute Gasteiger partial charge is 0.481 e. The van der Waals surface area contributed by atoms with Gasteiger partial charge in [0.1, 0.15) is 17.1 Å². The van der Waals surface area contributed by atoms with Crippen molar-refractivity contribution in [2.75, 3.05) is 13.1 Å². The number of hydrogen-bond acceptors (Lipinski definition) is 4. The summed E-state index contributed by atoms with van der Waals surface area (Å²) in [6.07, 6.45) is 4.18. The summed E-state index contributed by atoms with van der Waals surface area (Å²) in [5, 5.41) is 0. The lowest BCUT2D eigenvalue weighted by Crippen LogP contribution is -2.58. The first-order chi connectivity index (χ1) is 12.8. The molecule has 4 rings (SSSR count). The second-order valence-corrected chi connectivity index (χ2v) is 7.85. The minimum absolute atomic E-state index is 0.0551. The Morgan fingerprint density at radius 2 is 2.00 bits per heavy atom. The van der Waals surface area contributed by atoms with Crippen molar-refractivity contribution in [1.29, 1.82) is 0 Å². The zero-order valence-corrected chi connectivity index (χ0v) is 15.7. The molecule has 2 heterocycles. The van der Waals surface area contributed by atoms with E-state index in [4.69, 9.17) is 4.74 Å². The summed E-state index contributed by atoms with van der Waals surface area (Å²) in [4.78, 5) is 17.1. The van der Waals surface area contributed by atoms with Gasteiger partial charge in [0.2, 0.25) is 5.91 Å². The predicted molar refractivity (Wildman–Crippen MR) is 96.7 cm³/mol. The Labute approximate surface area is 157 Å². The van der Waals surface area contributed by atoms with Crippen LogP contribution in [0.25, 0.3) is 6.08 Å². The number of alkyl halides is 2. The van der Waals surface area contributed by atoms with E-state index in [1.54, 1.807) is 11.0 Å². The van der Waals surface area contributed by atoms with Crippen LogP contribution in [0.2, 0.25) is 0 Å². The van der Waals surface area contributed by atoms with Crippen LogP contribution in [0.4, 0.5) is 8.78 Å². The van der Waals surface area contributed by atoms with Gasteiger partial charge in [0.05, 0.1) is 11.7 Å². The van der Waals surface area contributed by atoms with E-state index in [0.29, 0.717) is 23.9 Å². The smallest absolute Gasteiger partial charge is 0.387 e. The zero-order chi connectivity index (χ0) is 19.3. The molecule has 1 aromatic carbocycles. The van der Waals surface area contributed by atoms with Gasteiger partial charge in [-0.3, -0.25) is 9.69 Å². The van der Waals surface area contributed by atoms with Gasteiger partial charge in [-0.25, -0.2) is 0 Å². The van der Waals surface area contributed by atoms with Crippen molar-refractivity contribution in [1.82, 2.24) is 9.80 Å². The van der Waals surface area contributed by atoms with E-state index in [-0.39, 0.29) is 17.7 Å². The third-order valence-electron chi connectivity index (χ3n) is 5.49. The first kappa shape index (κ1) is 18.2. The molecule has 1 aliphatic carbocycles. The van der Waals surface area contributed by atoms with E-state index in [0.717, 1.165) is 25.1 Å². The molecule has 1 saturated heterocycles. The van der Waals surface area contributed by atoms with E-state index in [1.165, 1.54) is 12.1 Å². The fourth-order valence-electron chi connectivity index (χ4n) is 3.99. The van der Waals surface area contributed by atoms with Gasteiger partial charge in [-0.15, -0.1) is 0 Å². The molecule has 5 nitrogen and oxygen atoms in total. The summed E-state index contributed by atoms with van der Waals surface area (Å²) >= 11 is 0. The summed E-state index contributed by atoms with van der Waals surface area (Å²) in [7, 11) is 0. The van der Waals surface area contributed by atoms with Crippen LogP contribution in [0.3, 0.4) is 0 Å². The first-order valence-electron chi connectivity index (χ1n) is 9.33. The van der Waals surface area contributed by atoms with Crippen molar-refractivity contribution in [2.24, 2.45) is 0 Å². The molecule has 1 aromatic rings. The number of rotatable bonds is 4. The molecule has 2 fully saturated rings. The number of carbonyl (C=O) groups excluding carboxylic acids is 1. The lowest BCUT2D eigenvalue weighted by molar-refractivity contribution is -0.140. The van der Waals surface area contributed by atoms with Crippen molar-refractivity contribution in [2.45, 2.75) is 57.9 Å². The summed E-state index contributed by atoms with van der Waals surface area (Å²) in [6.45, 7) is 4.32. The van der Waals surface area contributed by atoms with Crippen molar-refractivity contribution in [3.63, 3.8) is 0 Å². The van der Waals surface area contributed by atoms with E-state index in [1.807, 2.05) is 26.8 Å². The maximum absolute atomic E-state index is 13.0. The summed E-state index contributed by atoms with van der Waals surface area (Å²) in [5.41, 5.74) is 0.680. The molecule has 0 spiro atoms. The number of ether oxygens (including phenoxy) is 2. The molecule has 3 aliphatic rings. The molecule has 0 N–H and O–H groups in total. The van der Waals surface area contributed by atoms with Gasteiger partial charge >= 0.3 is 6.61 Å². The molecule has 7 heteroatoms. The van der Waals surface area contributed by atoms with E-state index in [2.05, 4.69) is 9.64 Å². The fraction of sp³-hybridized carbons (Fsp3) is 0.550. The lowest BCUT2D eigenvalue weighted by atomic mass is 9.95. The van der Waals surface area contributed by atoms with Crippen LogP contribution in [-0.4, -0.2) is 53.1 Å². The summed E-state index contributed by atoms with van der Waals surface area (Å²) < 4.78 is 35.6. The van der Waals surface area contributed by atoms with Crippen molar-refractivity contribution in [3.05, 3.63) is 29.5 Å². The number of halogens is 2. The van der Waals surface area contributed by atoms with Crippen molar-refractivity contribution >= 4 is 12.0 Å². The van der Waals surface area contributed by atoms with E-state index in [9.17, 15) is 13.6 Å². The number of amides is 1. The number of hydrogen-bond donors (Lipinski definition) is 0. The Morgan fingerprint density at radius 3 is 2.67 bits per heavy atom. The molecule has 1 saturated carbocycles. The fourth-order valence-corrected chi connectivity index (χ4v) is 3.99. The van der Waals surface area contributed by atoms with Crippen molar-refractivity contribution in [3.8, 4) is 11.5 Å². The molecule has 0 bridgehead atoms. The minimum atomic E-state index is -2.88. The van der Waals surface area contributed by atoms with Gasteiger partial charge in [0.25, 0.3) is 0 Å². The number of fused-ring (bicyclic) bond motifs is 1. The van der Waals surface area contributed by atoms with Gasteiger partial charge in [0.15, 0.2) is 0 Å². The molecule has 1 atom stereocenters. The average molecular weight is 378 g/mol. The van der Waals surface area contributed by atoms with Gasteiger partial charge < -0.3 is 14.4 Å².